The Balaban J connectivity index is 1.59. The number of carboxylic acid groups (broad SMARTS) is 1. The first-order valence-corrected chi connectivity index (χ1v) is 9.27. The van der Waals surface area contributed by atoms with E-state index in [0.717, 1.165) is 18.4 Å². The number of carbonyl (C=O) groups excluding carboxylic acids is 1. The number of hydrogen-bond acceptors (Lipinski definition) is 4. The molecular weight excluding hydrogens is 334 g/mol. The van der Waals surface area contributed by atoms with Crippen LogP contribution in [0.5, 0.6) is 11.5 Å². The lowest BCUT2D eigenvalue weighted by Crippen LogP contribution is -2.44. The lowest BCUT2D eigenvalue weighted by Gasteiger charge is -2.31. The zero-order chi connectivity index (χ0) is 18.5. The van der Waals surface area contributed by atoms with Crippen LogP contribution in [-0.4, -0.2) is 48.2 Å². The maximum Gasteiger partial charge on any atom is 0.311 e. The second-order valence-corrected chi connectivity index (χ2v) is 8.22. The largest absolute Gasteiger partial charge is 0.486 e. The fourth-order valence-corrected chi connectivity index (χ4v) is 4.74. The zero-order valence-electron chi connectivity index (χ0n) is 15.3. The van der Waals surface area contributed by atoms with E-state index in [1.807, 2.05) is 32.0 Å². The van der Waals surface area contributed by atoms with E-state index >= 15 is 0 Å². The predicted molar refractivity (Wildman–Crippen MR) is 94.4 cm³/mol. The fourth-order valence-electron chi connectivity index (χ4n) is 4.74. The van der Waals surface area contributed by atoms with Gasteiger partial charge in [-0.1, -0.05) is 12.5 Å². The monoisotopic (exact) mass is 359 g/mol. The molecule has 1 saturated carbocycles. The van der Waals surface area contributed by atoms with Crippen molar-refractivity contribution < 1.29 is 24.2 Å². The van der Waals surface area contributed by atoms with Gasteiger partial charge in [-0.15, -0.1) is 0 Å². The molecule has 4 rings (SSSR count). The molecule has 0 bridgehead atoms. The van der Waals surface area contributed by atoms with Crippen molar-refractivity contribution in [3.05, 3.63) is 23.8 Å². The Bertz CT molecular complexity index is 759. The Kier molecular flexibility index (Phi) is 3.90. The van der Waals surface area contributed by atoms with Crippen molar-refractivity contribution in [2.75, 3.05) is 26.3 Å². The van der Waals surface area contributed by atoms with Gasteiger partial charge in [0.25, 0.3) is 0 Å². The third-order valence-corrected chi connectivity index (χ3v) is 6.38. The van der Waals surface area contributed by atoms with Gasteiger partial charge in [0.2, 0.25) is 5.91 Å². The van der Waals surface area contributed by atoms with E-state index in [-0.39, 0.29) is 11.8 Å². The molecule has 1 amide bonds. The summed E-state index contributed by atoms with van der Waals surface area (Å²) in [5, 5.41) is 9.76. The van der Waals surface area contributed by atoms with E-state index in [1.54, 1.807) is 4.90 Å². The van der Waals surface area contributed by atoms with Gasteiger partial charge in [-0.25, -0.2) is 0 Å². The number of benzene rings is 1. The first-order valence-electron chi connectivity index (χ1n) is 9.27. The van der Waals surface area contributed by atoms with Crippen molar-refractivity contribution in [2.45, 2.75) is 38.5 Å². The summed E-state index contributed by atoms with van der Waals surface area (Å²) < 4.78 is 11.2. The summed E-state index contributed by atoms with van der Waals surface area (Å²) in [5.41, 5.74) is -0.652. The average Bonchev–Trinajstić information content (AvgIpc) is 3.19. The molecular formula is C20H25NO5. The molecule has 1 saturated heterocycles. The number of hydrogen-bond donors (Lipinski definition) is 1. The molecule has 2 heterocycles. The third-order valence-electron chi connectivity index (χ3n) is 6.38. The first kappa shape index (κ1) is 17.2. The molecule has 3 aliphatic rings. The molecule has 0 unspecified atom stereocenters. The molecule has 2 fully saturated rings. The Labute approximate surface area is 153 Å². The molecule has 1 aromatic carbocycles. The third kappa shape index (κ3) is 2.46. The van der Waals surface area contributed by atoms with Gasteiger partial charge in [0, 0.05) is 13.1 Å². The SMILES string of the molecule is CC(C)(C(=O)N1C[C@@H]2CCC[C@@]2(C(=O)O)C1)c1ccc2c(c1)OCCO2. The van der Waals surface area contributed by atoms with E-state index in [0.29, 0.717) is 44.2 Å². The van der Waals surface area contributed by atoms with Gasteiger partial charge in [0.05, 0.1) is 10.8 Å². The van der Waals surface area contributed by atoms with Crippen molar-refractivity contribution >= 4 is 11.9 Å². The Morgan fingerprint density at radius 3 is 2.65 bits per heavy atom. The summed E-state index contributed by atoms with van der Waals surface area (Å²) >= 11 is 0. The minimum atomic E-state index is -0.757. The van der Waals surface area contributed by atoms with Crippen LogP contribution < -0.4 is 9.47 Å². The minimum Gasteiger partial charge on any atom is -0.486 e. The van der Waals surface area contributed by atoms with Crippen molar-refractivity contribution in [1.29, 1.82) is 0 Å². The number of carbonyl (C=O) groups is 2. The highest BCUT2D eigenvalue weighted by molar-refractivity contribution is 5.89. The second-order valence-electron chi connectivity index (χ2n) is 8.22. The lowest BCUT2D eigenvalue weighted by molar-refractivity contribution is -0.149. The number of nitrogens with zero attached hydrogens (tertiary/aromatic N) is 1. The van der Waals surface area contributed by atoms with Gasteiger partial charge in [-0.2, -0.15) is 0 Å². The number of rotatable bonds is 3. The highest BCUT2D eigenvalue weighted by Crippen LogP contribution is 2.49. The molecule has 6 nitrogen and oxygen atoms in total. The van der Waals surface area contributed by atoms with E-state index in [4.69, 9.17) is 9.47 Å². The summed E-state index contributed by atoms with van der Waals surface area (Å²) in [6, 6.07) is 5.61. The highest BCUT2D eigenvalue weighted by atomic mass is 16.6. The average molecular weight is 359 g/mol. The molecule has 2 aliphatic heterocycles. The van der Waals surface area contributed by atoms with Crippen molar-refractivity contribution in [1.82, 2.24) is 4.90 Å². The van der Waals surface area contributed by atoms with E-state index in [1.165, 1.54) is 0 Å². The number of aliphatic carboxylic acids is 1. The summed E-state index contributed by atoms with van der Waals surface area (Å²) in [6.45, 7) is 5.67. The predicted octanol–water partition coefficient (Wildman–Crippen LogP) is 2.45. The van der Waals surface area contributed by atoms with Crippen LogP contribution in [0, 0.1) is 11.3 Å². The van der Waals surface area contributed by atoms with Crippen LogP contribution in [0.1, 0.15) is 38.7 Å². The number of fused-ring (bicyclic) bond motifs is 2. The number of ether oxygens (including phenoxy) is 2. The van der Waals surface area contributed by atoms with E-state index < -0.39 is 16.8 Å². The van der Waals surface area contributed by atoms with Gasteiger partial charge >= 0.3 is 5.97 Å². The van der Waals surface area contributed by atoms with Crippen LogP contribution in [0.25, 0.3) is 0 Å². The Hall–Kier alpha value is -2.24. The molecule has 140 valence electrons. The van der Waals surface area contributed by atoms with Crippen molar-refractivity contribution in [3.8, 4) is 11.5 Å². The van der Waals surface area contributed by atoms with Gasteiger partial charge in [0.1, 0.15) is 13.2 Å². The molecule has 0 aromatic heterocycles. The van der Waals surface area contributed by atoms with Crippen LogP contribution in [-0.2, 0) is 15.0 Å². The van der Waals surface area contributed by atoms with Crippen LogP contribution in [0.2, 0.25) is 0 Å². The summed E-state index contributed by atoms with van der Waals surface area (Å²) in [4.78, 5) is 26.9. The number of amides is 1. The zero-order valence-corrected chi connectivity index (χ0v) is 15.3. The number of carboxylic acids is 1. The highest BCUT2D eigenvalue weighted by Gasteiger charge is 2.56. The van der Waals surface area contributed by atoms with Gasteiger partial charge < -0.3 is 19.5 Å². The molecule has 1 aromatic rings. The molecule has 1 aliphatic carbocycles. The van der Waals surface area contributed by atoms with Gasteiger partial charge in [-0.05, 0) is 50.3 Å². The van der Waals surface area contributed by atoms with Crippen molar-refractivity contribution in [3.63, 3.8) is 0 Å². The first-order chi connectivity index (χ1) is 12.3. The topological polar surface area (TPSA) is 76.1 Å². The summed E-state index contributed by atoms with van der Waals surface area (Å²) in [6.07, 6.45) is 2.49. The molecule has 1 N–H and O–H groups in total. The fraction of sp³-hybridized carbons (Fsp3) is 0.600. The second kappa shape index (κ2) is 5.89. The van der Waals surface area contributed by atoms with Gasteiger partial charge in [0.15, 0.2) is 11.5 Å². The Morgan fingerprint density at radius 2 is 1.96 bits per heavy atom. The smallest absolute Gasteiger partial charge is 0.311 e. The lowest BCUT2D eigenvalue weighted by atomic mass is 9.81. The maximum absolute atomic E-state index is 13.3. The standard InChI is InChI=1S/C20H25NO5/c1-19(2,13-5-6-15-16(10-13)26-9-8-25-15)17(22)21-11-14-4-3-7-20(14,12-21)18(23)24/h5-6,10,14H,3-4,7-9,11-12H2,1-2H3,(H,23,24)/t14-,20+/m0/s1. The summed E-state index contributed by atoms with van der Waals surface area (Å²) in [5.74, 6) is 0.648. The van der Waals surface area contributed by atoms with Crippen LogP contribution in [0.4, 0.5) is 0 Å². The van der Waals surface area contributed by atoms with Crippen LogP contribution in [0.3, 0.4) is 0 Å². The van der Waals surface area contributed by atoms with Crippen LogP contribution >= 0.6 is 0 Å². The van der Waals surface area contributed by atoms with E-state index in [2.05, 4.69) is 0 Å². The summed E-state index contributed by atoms with van der Waals surface area (Å²) in [7, 11) is 0. The van der Waals surface area contributed by atoms with Gasteiger partial charge in [-0.3, -0.25) is 9.59 Å². The molecule has 0 radical (unpaired) electrons. The maximum atomic E-state index is 13.3. The van der Waals surface area contributed by atoms with Crippen LogP contribution in [0.15, 0.2) is 18.2 Å². The van der Waals surface area contributed by atoms with Crippen molar-refractivity contribution in [2.24, 2.45) is 11.3 Å². The Morgan fingerprint density at radius 1 is 1.23 bits per heavy atom. The minimum absolute atomic E-state index is 0.0239. The molecule has 0 spiro atoms. The normalized spacial score (nSPS) is 27.3. The molecule has 6 heteroatoms. The number of likely N-dealkylation sites (tertiary alicyclic amines) is 1. The quantitative estimate of drug-likeness (QED) is 0.897. The molecule has 2 atom stereocenters. The molecule has 26 heavy (non-hydrogen) atoms. The van der Waals surface area contributed by atoms with E-state index in [9.17, 15) is 14.7 Å².